The monoisotopic (exact) mass is 536 g/mol. The molecule has 0 atom stereocenters. The number of aromatic nitrogens is 2. The molecule has 0 saturated carbocycles. The van der Waals surface area contributed by atoms with E-state index in [0.29, 0.717) is 0 Å². The first-order valence-corrected chi connectivity index (χ1v) is 14.4. The van der Waals surface area contributed by atoms with Crippen LogP contribution < -0.4 is 0 Å². The molecule has 42 heavy (non-hydrogen) atoms. The number of aryl methyl sites for hydroxylation is 2. The van der Waals surface area contributed by atoms with E-state index in [1.807, 2.05) is 12.3 Å². The number of rotatable bonds is 3. The van der Waals surface area contributed by atoms with Crippen LogP contribution in [0.15, 0.2) is 134 Å². The summed E-state index contributed by atoms with van der Waals surface area (Å²) in [5, 5.41) is 7.30. The van der Waals surface area contributed by atoms with Gasteiger partial charge in [0.25, 0.3) is 0 Å². The molecule has 8 rings (SSSR count). The summed E-state index contributed by atoms with van der Waals surface area (Å²) in [5.74, 6) is 0. The SMILES string of the molecule is Cc1c(C)c2ccc(-c3ccc4ccc(-c5ccc(-c6cccc7ccccc67)cc5)cc4c3)nc2c2ncccc12. The molecule has 0 radical (unpaired) electrons. The number of hydrogen-bond acceptors (Lipinski definition) is 2. The van der Waals surface area contributed by atoms with E-state index in [2.05, 4.69) is 135 Å². The summed E-state index contributed by atoms with van der Waals surface area (Å²) in [6.07, 6.45) is 1.86. The van der Waals surface area contributed by atoms with E-state index < -0.39 is 0 Å². The van der Waals surface area contributed by atoms with Gasteiger partial charge in [0.15, 0.2) is 0 Å². The number of hydrogen-bond donors (Lipinski definition) is 0. The lowest BCUT2D eigenvalue weighted by Gasteiger charge is -2.12. The second kappa shape index (κ2) is 9.64. The van der Waals surface area contributed by atoms with Crippen molar-refractivity contribution >= 4 is 43.4 Å². The van der Waals surface area contributed by atoms with Gasteiger partial charge in [0.1, 0.15) is 0 Å². The standard InChI is InChI=1S/C40H28N2/c1-25-26(2)35-20-21-38(42-40(35)39-34(25)11-6-22-41-39)32-19-15-28-14-18-31(23-33(28)24-32)27-12-16-30(17-13-27)37-10-5-8-29-7-3-4-9-36(29)37/h3-24H,1-2H3. The van der Waals surface area contributed by atoms with Crippen LogP contribution in [0.25, 0.3) is 76.9 Å². The van der Waals surface area contributed by atoms with Gasteiger partial charge in [-0.3, -0.25) is 4.98 Å². The second-order valence-corrected chi connectivity index (χ2v) is 11.1. The molecular weight excluding hydrogens is 508 g/mol. The third-order valence-electron chi connectivity index (χ3n) is 8.75. The van der Waals surface area contributed by atoms with Crippen molar-refractivity contribution < 1.29 is 0 Å². The molecule has 0 aliphatic rings. The summed E-state index contributed by atoms with van der Waals surface area (Å²) < 4.78 is 0. The first-order chi connectivity index (χ1) is 20.6. The second-order valence-electron chi connectivity index (χ2n) is 11.1. The van der Waals surface area contributed by atoms with Gasteiger partial charge in [0.05, 0.1) is 16.7 Å². The highest BCUT2D eigenvalue weighted by Gasteiger charge is 2.13. The van der Waals surface area contributed by atoms with Gasteiger partial charge in [-0.05, 0) is 93.0 Å². The lowest BCUT2D eigenvalue weighted by atomic mass is 9.95. The van der Waals surface area contributed by atoms with E-state index in [4.69, 9.17) is 9.97 Å². The van der Waals surface area contributed by atoms with E-state index >= 15 is 0 Å². The van der Waals surface area contributed by atoms with Crippen molar-refractivity contribution in [3.05, 3.63) is 145 Å². The molecule has 2 heteroatoms. The summed E-state index contributed by atoms with van der Waals surface area (Å²) >= 11 is 0. The van der Waals surface area contributed by atoms with Crippen molar-refractivity contribution in [2.24, 2.45) is 0 Å². The van der Waals surface area contributed by atoms with E-state index in [9.17, 15) is 0 Å². The molecule has 0 aliphatic carbocycles. The quantitative estimate of drug-likeness (QED) is 0.210. The van der Waals surface area contributed by atoms with Crippen LogP contribution in [-0.4, -0.2) is 9.97 Å². The Morgan fingerprint density at radius 2 is 1.10 bits per heavy atom. The highest BCUT2D eigenvalue weighted by molar-refractivity contribution is 6.07. The van der Waals surface area contributed by atoms with E-state index in [1.165, 1.54) is 60.3 Å². The van der Waals surface area contributed by atoms with Crippen molar-refractivity contribution in [3.8, 4) is 33.5 Å². The minimum absolute atomic E-state index is 0.962. The zero-order valence-corrected chi connectivity index (χ0v) is 23.6. The minimum atomic E-state index is 0.962. The Morgan fingerprint density at radius 1 is 0.429 bits per heavy atom. The summed E-state index contributed by atoms with van der Waals surface area (Å²) in [5.41, 5.74) is 11.4. The maximum absolute atomic E-state index is 5.16. The molecule has 0 amide bonds. The van der Waals surface area contributed by atoms with Crippen molar-refractivity contribution in [3.63, 3.8) is 0 Å². The maximum atomic E-state index is 5.16. The lowest BCUT2D eigenvalue weighted by molar-refractivity contribution is 1.33. The molecule has 2 aromatic heterocycles. The maximum Gasteiger partial charge on any atom is 0.0974 e. The normalized spacial score (nSPS) is 11.6. The van der Waals surface area contributed by atoms with Crippen LogP contribution in [0.3, 0.4) is 0 Å². The summed E-state index contributed by atoms with van der Waals surface area (Å²) in [4.78, 5) is 9.88. The highest BCUT2D eigenvalue weighted by atomic mass is 14.8. The molecule has 8 aromatic rings. The largest absolute Gasteiger partial charge is 0.254 e. The van der Waals surface area contributed by atoms with Gasteiger partial charge < -0.3 is 0 Å². The predicted molar refractivity (Wildman–Crippen MR) is 178 cm³/mol. The topological polar surface area (TPSA) is 25.8 Å². The number of pyridine rings is 2. The van der Waals surface area contributed by atoms with Crippen molar-refractivity contribution in [1.29, 1.82) is 0 Å². The fourth-order valence-electron chi connectivity index (χ4n) is 6.31. The fourth-order valence-corrected chi connectivity index (χ4v) is 6.31. The van der Waals surface area contributed by atoms with Gasteiger partial charge in [-0.25, -0.2) is 4.98 Å². The highest BCUT2D eigenvalue weighted by Crippen LogP contribution is 2.34. The fraction of sp³-hybridized carbons (Fsp3) is 0.0500. The van der Waals surface area contributed by atoms with Gasteiger partial charge in [-0.1, -0.05) is 103 Å². The van der Waals surface area contributed by atoms with Crippen molar-refractivity contribution in [1.82, 2.24) is 9.97 Å². The van der Waals surface area contributed by atoms with E-state index in [-0.39, 0.29) is 0 Å². The van der Waals surface area contributed by atoms with Crippen molar-refractivity contribution in [2.45, 2.75) is 13.8 Å². The Morgan fingerprint density at radius 3 is 1.95 bits per heavy atom. The lowest BCUT2D eigenvalue weighted by Crippen LogP contribution is -1.94. The van der Waals surface area contributed by atoms with Crippen LogP contribution in [-0.2, 0) is 0 Å². The van der Waals surface area contributed by atoms with E-state index in [1.54, 1.807) is 0 Å². The molecule has 0 N–H and O–H groups in total. The van der Waals surface area contributed by atoms with Crippen LogP contribution >= 0.6 is 0 Å². The third kappa shape index (κ3) is 3.95. The summed E-state index contributed by atoms with van der Waals surface area (Å²) in [6.45, 7) is 4.35. The summed E-state index contributed by atoms with van der Waals surface area (Å²) in [7, 11) is 0. The molecule has 0 spiro atoms. The van der Waals surface area contributed by atoms with Gasteiger partial charge in [-0.15, -0.1) is 0 Å². The number of nitrogens with zero attached hydrogens (tertiary/aromatic N) is 2. The first kappa shape index (κ1) is 24.5. The zero-order valence-electron chi connectivity index (χ0n) is 23.6. The molecule has 0 saturated heterocycles. The van der Waals surface area contributed by atoms with Crippen LogP contribution in [0.5, 0.6) is 0 Å². The smallest absolute Gasteiger partial charge is 0.0974 e. The predicted octanol–water partition coefficient (Wildman–Crippen LogP) is 10.7. The average Bonchev–Trinajstić information content (AvgIpc) is 3.06. The van der Waals surface area contributed by atoms with Crippen LogP contribution in [0.2, 0.25) is 0 Å². The number of fused-ring (bicyclic) bond motifs is 5. The van der Waals surface area contributed by atoms with Gasteiger partial charge in [-0.2, -0.15) is 0 Å². The van der Waals surface area contributed by atoms with Crippen LogP contribution in [0.4, 0.5) is 0 Å². The van der Waals surface area contributed by atoms with Crippen molar-refractivity contribution in [2.75, 3.05) is 0 Å². The number of benzene rings is 6. The molecular formula is C40H28N2. The molecule has 198 valence electrons. The Hall–Kier alpha value is -5.34. The molecule has 0 bridgehead atoms. The van der Waals surface area contributed by atoms with Gasteiger partial charge >= 0.3 is 0 Å². The molecule has 0 unspecified atom stereocenters. The molecule has 0 fully saturated rings. The molecule has 6 aromatic carbocycles. The molecule has 2 heterocycles. The van der Waals surface area contributed by atoms with E-state index in [0.717, 1.165) is 27.7 Å². The summed E-state index contributed by atoms with van der Waals surface area (Å²) in [6, 6.07) is 45.8. The average molecular weight is 537 g/mol. The zero-order chi connectivity index (χ0) is 28.2. The Kier molecular flexibility index (Phi) is 5.61. The molecule has 2 nitrogen and oxygen atoms in total. The first-order valence-electron chi connectivity index (χ1n) is 14.4. The van der Waals surface area contributed by atoms with Gasteiger partial charge in [0, 0.05) is 22.5 Å². The third-order valence-corrected chi connectivity index (χ3v) is 8.75. The Balaban J connectivity index is 1.18. The van der Waals surface area contributed by atoms with Gasteiger partial charge in [0.2, 0.25) is 0 Å². The molecule has 0 aliphatic heterocycles. The van der Waals surface area contributed by atoms with Crippen LogP contribution in [0.1, 0.15) is 11.1 Å². The van der Waals surface area contributed by atoms with Crippen LogP contribution in [0, 0.1) is 13.8 Å². The Labute approximate surface area is 244 Å². The Bertz CT molecular complexity index is 2310. The minimum Gasteiger partial charge on any atom is -0.254 e.